The van der Waals surface area contributed by atoms with Gasteiger partial charge in [0, 0.05) is 11.5 Å². The highest BCUT2D eigenvalue weighted by Gasteiger charge is 2.33. The van der Waals surface area contributed by atoms with Crippen LogP contribution < -0.4 is 9.64 Å². The second-order valence-electron chi connectivity index (χ2n) is 9.61. The number of halogens is 1. The lowest BCUT2D eigenvalue weighted by Gasteiger charge is -2.39. The van der Waals surface area contributed by atoms with Gasteiger partial charge in [-0.1, -0.05) is 58.4 Å². The lowest BCUT2D eigenvalue weighted by molar-refractivity contribution is 0.00801. The van der Waals surface area contributed by atoms with E-state index in [4.69, 9.17) is 9.47 Å². The van der Waals surface area contributed by atoms with Gasteiger partial charge in [-0.3, -0.25) is 4.90 Å². The maximum Gasteiger partial charge on any atom is 0.410 e. The summed E-state index contributed by atoms with van der Waals surface area (Å²) in [4.78, 5) is 17.4. The van der Waals surface area contributed by atoms with E-state index in [0.29, 0.717) is 13.1 Å². The molecule has 4 rings (SSSR count). The number of nitrogens with zero attached hydrogens (tertiary/aromatic N) is 2. The van der Waals surface area contributed by atoms with Crippen molar-refractivity contribution in [3.05, 3.63) is 70.7 Å². The zero-order valence-electron chi connectivity index (χ0n) is 19.8. The quantitative estimate of drug-likeness (QED) is 0.387. The smallest absolute Gasteiger partial charge is 0.410 e. The number of likely N-dealkylation sites (N-methyl/N-ethyl adjacent to an activating group) is 1. The third kappa shape index (κ3) is 5.27. The molecular weight excluding hydrogens is 480 g/mol. The van der Waals surface area contributed by atoms with Crippen LogP contribution in [0.5, 0.6) is 5.75 Å². The Labute approximate surface area is 204 Å². The van der Waals surface area contributed by atoms with E-state index in [1.165, 1.54) is 0 Å². The molecule has 0 N–H and O–H groups in total. The minimum atomic E-state index is -0.586. The minimum absolute atomic E-state index is 0.186. The first-order valence-electron chi connectivity index (χ1n) is 11.3. The van der Waals surface area contributed by atoms with Crippen molar-refractivity contribution < 1.29 is 14.3 Å². The van der Waals surface area contributed by atoms with Crippen molar-refractivity contribution in [1.29, 1.82) is 0 Å². The molecule has 3 aromatic carbocycles. The molecule has 6 heteroatoms. The summed E-state index contributed by atoms with van der Waals surface area (Å²) in [7, 11) is 2.05. The van der Waals surface area contributed by atoms with Crippen molar-refractivity contribution in [2.45, 2.75) is 45.4 Å². The number of fused-ring (bicyclic) bond motifs is 2. The Balaban J connectivity index is 1.65. The van der Waals surface area contributed by atoms with Gasteiger partial charge in [-0.15, -0.1) is 0 Å². The van der Waals surface area contributed by atoms with Crippen LogP contribution in [0.25, 0.3) is 10.8 Å². The maximum absolute atomic E-state index is 13.4. The van der Waals surface area contributed by atoms with Crippen LogP contribution in [-0.2, 0) is 4.74 Å². The molecule has 5 nitrogen and oxygen atoms in total. The molecule has 0 saturated heterocycles. The third-order valence-electron chi connectivity index (χ3n) is 5.87. The fourth-order valence-electron chi connectivity index (χ4n) is 4.32. The second kappa shape index (κ2) is 9.26. The molecule has 174 valence electrons. The van der Waals surface area contributed by atoms with E-state index in [-0.39, 0.29) is 18.2 Å². The van der Waals surface area contributed by atoms with Crippen LogP contribution >= 0.6 is 15.9 Å². The Kier molecular flexibility index (Phi) is 6.57. The summed E-state index contributed by atoms with van der Waals surface area (Å²) in [5.41, 5.74) is 1.54. The van der Waals surface area contributed by atoms with Crippen molar-refractivity contribution in [3.63, 3.8) is 0 Å². The zero-order chi connectivity index (χ0) is 23.8. The molecule has 1 aliphatic heterocycles. The van der Waals surface area contributed by atoms with Crippen molar-refractivity contribution in [2.24, 2.45) is 0 Å². The van der Waals surface area contributed by atoms with E-state index in [1.54, 1.807) is 4.90 Å². The Morgan fingerprint density at radius 1 is 1.18 bits per heavy atom. The number of hydrogen-bond acceptors (Lipinski definition) is 4. The number of hydrogen-bond donors (Lipinski definition) is 0. The SMILES string of the molecule is CC(c1cccc2ccccc12)N(CC1CN(C)c2cc(Br)ccc2O1)C(=O)OC(C)(C)C. The molecule has 33 heavy (non-hydrogen) atoms. The summed E-state index contributed by atoms with van der Waals surface area (Å²) in [6.07, 6.45) is -0.524. The highest BCUT2D eigenvalue weighted by atomic mass is 79.9. The molecule has 0 radical (unpaired) electrons. The lowest BCUT2D eigenvalue weighted by Crippen LogP contribution is -2.48. The molecule has 1 aliphatic rings. The Hall–Kier alpha value is -2.73. The predicted octanol–water partition coefficient (Wildman–Crippen LogP) is 6.80. The molecule has 1 heterocycles. The first kappa shape index (κ1) is 23.4. The van der Waals surface area contributed by atoms with Crippen molar-refractivity contribution >= 4 is 38.5 Å². The summed E-state index contributed by atoms with van der Waals surface area (Å²) < 4.78 is 13.2. The van der Waals surface area contributed by atoms with E-state index >= 15 is 0 Å². The van der Waals surface area contributed by atoms with E-state index < -0.39 is 5.60 Å². The molecule has 2 unspecified atom stereocenters. The number of carbonyl (C=O) groups excluding carboxylic acids is 1. The molecule has 0 saturated carbocycles. The Morgan fingerprint density at radius 3 is 2.67 bits per heavy atom. The van der Waals surface area contributed by atoms with Gasteiger partial charge < -0.3 is 14.4 Å². The predicted molar refractivity (Wildman–Crippen MR) is 137 cm³/mol. The standard InChI is InChI=1S/C27H31BrN2O3/c1-18(22-12-8-10-19-9-6-7-11-23(19)22)30(26(31)33-27(2,3)4)17-21-16-29(5)24-15-20(28)13-14-25(24)32-21/h6-15,18,21H,16-17H2,1-5H3. The number of amides is 1. The fourth-order valence-corrected chi connectivity index (χ4v) is 4.67. The largest absolute Gasteiger partial charge is 0.485 e. The van der Waals surface area contributed by atoms with Crippen LogP contribution in [0.1, 0.15) is 39.3 Å². The van der Waals surface area contributed by atoms with Gasteiger partial charge in [-0.05, 0) is 62.2 Å². The summed E-state index contributed by atoms with van der Waals surface area (Å²) in [5.74, 6) is 0.818. The van der Waals surface area contributed by atoms with Gasteiger partial charge >= 0.3 is 6.09 Å². The van der Waals surface area contributed by atoms with Gasteiger partial charge in [-0.25, -0.2) is 4.79 Å². The zero-order valence-corrected chi connectivity index (χ0v) is 21.4. The van der Waals surface area contributed by atoms with Crippen LogP contribution in [-0.4, -0.2) is 42.8 Å². The van der Waals surface area contributed by atoms with Gasteiger partial charge in [0.1, 0.15) is 17.5 Å². The van der Waals surface area contributed by atoms with E-state index in [2.05, 4.69) is 58.1 Å². The van der Waals surface area contributed by atoms with Crippen LogP contribution in [0.4, 0.5) is 10.5 Å². The second-order valence-corrected chi connectivity index (χ2v) is 10.5. The molecule has 0 spiro atoms. The fraction of sp³-hybridized carbons (Fsp3) is 0.370. The first-order valence-corrected chi connectivity index (χ1v) is 12.1. The van der Waals surface area contributed by atoms with Crippen LogP contribution in [0.3, 0.4) is 0 Å². The number of ether oxygens (including phenoxy) is 2. The van der Waals surface area contributed by atoms with E-state index in [1.807, 2.05) is 58.2 Å². The van der Waals surface area contributed by atoms with Crippen molar-refractivity contribution in [2.75, 3.05) is 25.0 Å². The molecular formula is C27H31BrN2O3. The lowest BCUT2D eigenvalue weighted by atomic mass is 9.98. The average Bonchev–Trinajstić information content (AvgIpc) is 2.76. The molecule has 0 bridgehead atoms. The van der Waals surface area contributed by atoms with Gasteiger partial charge in [0.15, 0.2) is 0 Å². The molecule has 0 fully saturated rings. The molecule has 1 amide bonds. The van der Waals surface area contributed by atoms with Gasteiger partial charge in [0.25, 0.3) is 0 Å². The van der Waals surface area contributed by atoms with Crippen molar-refractivity contribution in [1.82, 2.24) is 4.90 Å². The first-order chi connectivity index (χ1) is 15.6. The summed E-state index contributed by atoms with van der Waals surface area (Å²) in [6.45, 7) is 8.83. The van der Waals surface area contributed by atoms with Crippen molar-refractivity contribution in [3.8, 4) is 5.75 Å². The molecule has 0 aromatic heterocycles. The molecule has 0 aliphatic carbocycles. The van der Waals surface area contributed by atoms with Crippen LogP contribution in [0.15, 0.2) is 65.1 Å². The van der Waals surface area contributed by atoms with Gasteiger partial charge in [0.05, 0.1) is 24.8 Å². The summed E-state index contributed by atoms with van der Waals surface area (Å²) in [5, 5.41) is 2.29. The minimum Gasteiger partial charge on any atom is -0.485 e. The third-order valence-corrected chi connectivity index (χ3v) is 6.37. The van der Waals surface area contributed by atoms with Gasteiger partial charge in [-0.2, -0.15) is 0 Å². The van der Waals surface area contributed by atoms with Crippen LogP contribution in [0.2, 0.25) is 0 Å². The average molecular weight is 511 g/mol. The van der Waals surface area contributed by atoms with Gasteiger partial charge in [0.2, 0.25) is 0 Å². The number of carbonyl (C=O) groups is 1. The summed E-state index contributed by atoms with van der Waals surface area (Å²) in [6, 6.07) is 20.3. The highest BCUT2D eigenvalue weighted by molar-refractivity contribution is 9.10. The van der Waals surface area contributed by atoms with E-state index in [0.717, 1.165) is 32.2 Å². The maximum atomic E-state index is 13.4. The number of benzene rings is 3. The molecule has 2 atom stereocenters. The monoisotopic (exact) mass is 510 g/mol. The number of rotatable bonds is 4. The van der Waals surface area contributed by atoms with E-state index in [9.17, 15) is 4.79 Å². The number of anilines is 1. The normalized spacial score (nSPS) is 16.7. The highest BCUT2D eigenvalue weighted by Crippen LogP contribution is 2.36. The Bertz CT molecular complexity index is 1150. The topological polar surface area (TPSA) is 42.0 Å². The van der Waals surface area contributed by atoms with Crippen LogP contribution in [0, 0.1) is 0 Å². The summed E-state index contributed by atoms with van der Waals surface area (Å²) >= 11 is 3.53. The Morgan fingerprint density at radius 2 is 1.91 bits per heavy atom. The molecule has 3 aromatic rings.